The topological polar surface area (TPSA) is 73.9 Å². The van der Waals surface area contributed by atoms with Crippen molar-refractivity contribution < 1.29 is 23.8 Å². The molecule has 1 N–H and O–H groups in total. The first-order chi connectivity index (χ1) is 14.1. The summed E-state index contributed by atoms with van der Waals surface area (Å²) in [6.07, 6.45) is 2.81. The lowest BCUT2D eigenvalue weighted by molar-refractivity contribution is -0.142. The van der Waals surface area contributed by atoms with Crippen LogP contribution in [-0.4, -0.2) is 32.7 Å². The van der Waals surface area contributed by atoms with Crippen LogP contribution in [0.15, 0.2) is 66.7 Å². The van der Waals surface area contributed by atoms with Crippen LogP contribution in [0, 0.1) is 0 Å². The molecule has 0 unspecified atom stereocenters. The van der Waals surface area contributed by atoms with E-state index in [1.165, 1.54) is 6.08 Å². The van der Waals surface area contributed by atoms with Gasteiger partial charge in [0, 0.05) is 23.2 Å². The predicted molar refractivity (Wildman–Crippen MR) is 112 cm³/mol. The molecule has 0 bridgehead atoms. The number of benzene rings is 3. The van der Waals surface area contributed by atoms with Crippen LogP contribution in [0.1, 0.15) is 5.56 Å². The third kappa shape index (κ3) is 5.35. The molecule has 1 amide bonds. The smallest absolute Gasteiger partial charge is 0.331 e. The number of anilines is 1. The molecule has 0 aliphatic heterocycles. The van der Waals surface area contributed by atoms with Crippen LogP contribution in [0.3, 0.4) is 0 Å². The van der Waals surface area contributed by atoms with Gasteiger partial charge < -0.3 is 19.5 Å². The van der Waals surface area contributed by atoms with Gasteiger partial charge in [-0.05, 0) is 35.2 Å². The highest BCUT2D eigenvalue weighted by atomic mass is 16.5. The molecule has 0 aliphatic rings. The van der Waals surface area contributed by atoms with E-state index in [0.29, 0.717) is 22.7 Å². The van der Waals surface area contributed by atoms with E-state index in [1.54, 1.807) is 44.6 Å². The van der Waals surface area contributed by atoms with Crippen molar-refractivity contribution in [2.75, 3.05) is 26.1 Å². The van der Waals surface area contributed by atoms with Crippen LogP contribution < -0.4 is 14.8 Å². The van der Waals surface area contributed by atoms with Crippen LogP contribution in [0.25, 0.3) is 16.8 Å². The van der Waals surface area contributed by atoms with Crippen LogP contribution in [0.2, 0.25) is 0 Å². The third-order valence-electron chi connectivity index (χ3n) is 4.19. The number of methoxy groups -OCH3 is 2. The maximum absolute atomic E-state index is 12.2. The summed E-state index contributed by atoms with van der Waals surface area (Å²) in [5.74, 6) is 0.171. The SMILES string of the molecule is COc1cc(/C=C/C(=O)OCC(=O)Nc2cccc3ccccc23)cc(OC)c1. The molecule has 0 saturated heterocycles. The number of hydrogen-bond acceptors (Lipinski definition) is 5. The third-order valence-corrected chi connectivity index (χ3v) is 4.19. The lowest BCUT2D eigenvalue weighted by atomic mass is 10.1. The molecule has 0 radical (unpaired) electrons. The Bertz CT molecular complexity index is 1030. The number of ether oxygens (including phenoxy) is 3. The van der Waals surface area contributed by atoms with Crippen molar-refractivity contribution in [2.24, 2.45) is 0 Å². The van der Waals surface area contributed by atoms with E-state index in [4.69, 9.17) is 14.2 Å². The van der Waals surface area contributed by atoms with E-state index in [-0.39, 0.29) is 6.61 Å². The number of amides is 1. The number of rotatable bonds is 7. The molecule has 0 fully saturated rings. The van der Waals surface area contributed by atoms with E-state index >= 15 is 0 Å². The second kappa shape index (κ2) is 9.41. The number of carbonyl (C=O) groups is 2. The maximum atomic E-state index is 12.2. The Balaban J connectivity index is 1.57. The number of hydrogen-bond donors (Lipinski definition) is 1. The molecule has 0 atom stereocenters. The summed E-state index contributed by atoms with van der Waals surface area (Å²) in [7, 11) is 3.09. The highest BCUT2D eigenvalue weighted by molar-refractivity contribution is 6.03. The first-order valence-corrected chi connectivity index (χ1v) is 8.94. The lowest BCUT2D eigenvalue weighted by Crippen LogP contribution is -2.20. The van der Waals surface area contributed by atoms with Gasteiger partial charge >= 0.3 is 5.97 Å². The Morgan fingerprint density at radius 2 is 1.62 bits per heavy atom. The summed E-state index contributed by atoms with van der Waals surface area (Å²) in [5.41, 5.74) is 1.38. The molecule has 0 spiro atoms. The summed E-state index contributed by atoms with van der Waals surface area (Å²) >= 11 is 0. The summed E-state index contributed by atoms with van der Waals surface area (Å²) in [4.78, 5) is 24.1. The molecule has 6 nitrogen and oxygen atoms in total. The standard InChI is InChI=1S/C23H21NO5/c1-27-18-12-16(13-19(14-18)28-2)10-11-23(26)29-15-22(25)24-21-9-5-7-17-6-3-4-8-20(17)21/h3-14H,15H2,1-2H3,(H,24,25)/b11-10+. The zero-order valence-corrected chi connectivity index (χ0v) is 16.2. The number of carbonyl (C=O) groups excluding carboxylic acids is 2. The van der Waals surface area contributed by atoms with Crippen molar-refractivity contribution >= 4 is 34.4 Å². The predicted octanol–water partition coefficient (Wildman–Crippen LogP) is 4.05. The van der Waals surface area contributed by atoms with Gasteiger partial charge in [-0.2, -0.15) is 0 Å². The Morgan fingerprint density at radius 1 is 0.931 bits per heavy atom. The fourth-order valence-electron chi connectivity index (χ4n) is 2.80. The average Bonchev–Trinajstić information content (AvgIpc) is 2.76. The first-order valence-electron chi connectivity index (χ1n) is 8.94. The molecule has 0 aromatic heterocycles. The van der Waals surface area contributed by atoms with E-state index in [0.717, 1.165) is 10.8 Å². The quantitative estimate of drug-likeness (QED) is 0.486. The van der Waals surface area contributed by atoms with Gasteiger partial charge in [-0.15, -0.1) is 0 Å². The highest BCUT2D eigenvalue weighted by Gasteiger charge is 2.08. The monoisotopic (exact) mass is 391 g/mol. The molecule has 6 heteroatoms. The lowest BCUT2D eigenvalue weighted by Gasteiger charge is -2.08. The molecule has 3 aromatic rings. The van der Waals surface area contributed by atoms with Crippen LogP contribution in [0.5, 0.6) is 11.5 Å². The van der Waals surface area contributed by atoms with Crippen LogP contribution in [-0.2, 0) is 14.3 Å². The Labute approximate surface area is 168 Å². The van der Waals surface area contributed by atoms with Gasteiger partial charge in [-0.1, -0.05) is 36.4 Å². The van der Waals surface area contributed by atoms with Crippen molar-refractivity contribution in [3.05, 3.63) is 72.3 Å². The number of esters is 1. The Hall–Kier alpha value is -3.80. The van der Waals surface area contributed by atoms with E-state index in [9.17, 15) is 9.59 Å². The van der Waals surface area contributed by atoms with Crippen LogP contribution in [0.4, 0.5) is 5.69 Å². The van der Waals surface area contributed by atoms with Crippen LogP contribution >= 0.6 is 0 Å². The summed E-state index contributed by atoms with van der Waals surface area (Å²) in [6.45, 7) is -0.381. The summed E-state index contributed by atoms with van der Waals surface area (Å²) in [6, 6.07) is 18.6. The molecule has 148 valence electrons. The second-order valence-electron chi connectivity index (χ2n) is 6.16. The minimum Gasteiger partial charge on any atom is -0.497 e. The van der Waals surface area contributed by atoms with Crippen molar-refractivity contribution in [1.29, 1.82) is 0 Å². The van der Waals surface area contributed by atoms with Gasteiger partial charge in [0.25, 0.3) is 5.91 Å². The highest BCUT2D eigenvalue weighted by Crippen LogP contribution is 2.24. The minimum atomic E-state index is -0.625. The molecule has 0 saturated carbocycles. The second-order valence-corrected chi connectivity index (χ2v) is 6.16. The van der Waals surface area contributed by atoms with E-state index in [1.807, 2.05) is 36.4 Å². The summed E-state index contributed by atoms with van der Waals surface area (Å²) < 4.78 is 15.4. The van der Waals surface area contributed by atoms with Gasteiger partial charge in [0.2, 0.25) is 0 Å². The molecule has 0 heterocycles. The molecular formula is C23H21NO5. The molecular weight excluding hydrogens is 370 g/mol. The van der Waals surface area contributed by atoms with Gasteiger partial charge in [-0.25, -0.2) is 4.79 Å². The fourth-order valence-corrected chi connectivity index (χ4v) is 2.80. The van der Waals surface area contributed by atoms with Gasteiger partial charge in [0.05, 0.1) is 14.2 Å². The molecule has 0 aliphatic carbocycles. The first kappa shape index (κ1) is 19.9. The Morgan fingerprint density at radius 3 is 2.34 bits per heavy atom. The average molecular weight is 391 g/mol. The van der Waals surface area contributed by atoms with Crippen molar-refractivity contribution in [2.45, 2.75) is 0 Å². The van der Waals surface area contributed by atoms with E-state index in [2.05, 4.69) is 5.32 Å². The van der Waals surface area contributed by atoms with Gasteiger partial charge in [0.15, 0.2) is 6.61 Å². The zero-order chi connectivity index (χ0) is 20.6. The van der Waals surface area contributed by atoms with Crippen molar-refractivity contribution in [3.63, 3.8) is 0 Å². The normalized spacial score (nSPS) is 10.7. The fraction of sp³-hybridized carbons (Fsp3) is 0.130. The Kier molecular flexibility index (Phi) is 6.47. The molecule has 3 aromatic carbocycles. The zero-order valence-electron chi connectivity index (χ0n) is 16.2. The number of fused-ring (bicyclic) bond motifs is 1. The molecule has 29 heavy (non-hydrogen) atoms. The van der Waals surface area contributed by atoms with E-state index < -0.39 is 11.9 Å². The molecule has 3 rings (SSSR count). The number of nitrogens with one attached hydrogen (secondary N) is 1. The van der Waals surface area contributed by atoms with Crippen molar-refractivity contribution in [3.8, 4) is 11.5 Å². The van der Waals surface area contributed by atoms with Gasteiger partial charge in [0.1, 0.15) is 11.5 Å². The van der Waals surface area contributed by atoms with Crippen molar-refractivity contribution in [1.82, 2.24) is 0 Å². The maximum Gasteiger partial charge on any atom is 0.331 e. The largest absolute Gasteiger partial charge is 0.497 e. The minimum absolute atomic E-state index is 0.381. The summed E-state index contributed by atoms with van der Waals surface area (Å²) in [5, 5.41) is 4.70. The van der Waals surface area contributed by atoms with Gasteiger partial charge in [-0.3, -0.25) is 4.79 Å².